The molecule has 0 amide bonds. The summed E-state index contributed by atoms with van der Waals surface area (Å²) < 4.78 is 5.57. The van der Waals surface area contributed by atoms with Gasteiger partial charge in [-0.25, -0.2) is 0 Å². The van der Waals surface area contributed by atoms with Crippen molar-refractivity contribution in [3.8, 4) is 0 Å². The fraction of sp³-hybridized carbons (Fsp3) is 0.538. The van der Waals surface area contributed by atoms with Gasteiger partial charge in [0.1, 0.15) is 0 Å². The largest absolute Gasteiger partial charge is 0.379 e. The highest BCUT2D eigenvalue weighted by Crippen LogP contribution is 2.29. The van der Waals surface area contributed by atoms with Gasteiger partial charge in [0, 0.05) is 38.0 Å². The van der Waals surface area contributed by atoms with Crippen LogP contribution < -0.4 is 16.2 Å². The Kier molecular flexibility index (Phi) is 4.75. The van der Waals surface area contributed by atoms with Crippen LogP contribution in [0.5, 0.6) is 0 Å². The van der Waals surface area contributed by atoms with E-state index in [1.54, 1.807) is 6.07 Å². The highest BCUT2D eigenvalue weighted by Gasteiger charge is 2.21. The lowest BCUT2D eigenvalue weighted by molar-refractivity contribution is -0.384. The van der Waals surface area contributed by atoms with Crippen LogP contribution >= 0.6 is 0 Å². The Bertz CT molecular complexity index is 477. The maximum absolute atomic E-state index is 10.9. The van der Waals surface area contributed by atoms with Gasteiger partial charge >= 0.3 is 0 Å². The summed E-state index contributed by atoms with van der Waals surface area (Å²) in [7, 11) is 1.87. The molecule has 1 saturated carbocycles. The molecule has 1 fully saturated rings. The zero-order chi connectivity index (χ0) is 14.5. The summed E-state index contributed by atoms with van der Waals surface area (Å²) in [5, 5.41) is 10.9. The van der Waals surface area contributed by atoms with E-state index in [4.69, 9.17) is 10.6 Å². The van der Waals surface area contributed by atoms with Gasteiger partial charge in [0.15, 0.2) is 0 Å². The van der Waals surface area contributed by atoms with E-state index in [2.05, 4.69) is 5.43 Å². The van der Waals surface area contributed by atoms with Gasteiger partial charge in [-0.2, -0.15) is 0 Å². The molecule has 110 valence electrons. The van der Waals surface area contributed by atoms with Crippen molar-refractivity contribution in [3.63, 3.8) is 0 Å². The summed E-state index contributed by atoms with van der Waals surface area (Å²) in [5.41, 5.74) is 3.71. The molecular weight excluding hydrogens is 260 g/mol. The predicted molar refractivity (Wildman–Crippen MR) is 77.7 cm³/mol. The summed E-state index contributed by atoms with van der Waals surface area (Å²) in [6.45, 7) is 2.11. The molecular formula is C13H20N4O3. The molecule has 0 unspecified atom stereocenters. The molecule has 1 aliphatic rings. The van der Waals surface area contributed by atoms with Crippen molar-refractivity contribution < 1.29 is 9.66 Å². The third kappa shape index (κ3) is 4.07. The first-order valence-corrected chi connectivity index (χ1v) is 6.65. The lowest BCUT2D eigenvalue weighted by Gasteiger charge is -2.20. The summed E-state index contributed by atoms with van der Waals surface area (Å²) in [6, 6.07) is 4.70. The molecule has 0 saturated heterocycles. The number of benzene rings is 1. The van der Waals surface area contributed by atoms with E-state index in [-0.39, 0.29) is 5.69 Å². The van der Waals surface area contributed by atoms with Crippen molar-refractivity contribution >= 4 is 17.1 Å². The minimum atomic E-state index is -0.429. The van der Waals surface area contributed by atoms with Crippen LogP contribution in [0.2, 0.25) is 0 Å². The molecule has 1 aromatic carbocycles. The number of ether oxygens (including phenoxy) is 1. The molecule has 20 heavy (non-hydrogen) atoms. The number of rotatable bonds is 8. The van der Waals surface area contributed by atoms with Crippen molar-refractivity contribution in [2.24, 2.45) is 11.8 Å². The highest BCUT2D eigenvalue weighted by atomic mass is 16.6. The van der Waals surface area contributed by atoms with Crippen LogP contribution in [-0.4, -0.2) is 31.7 Å². The fourth-order valence-corrected chi connectivity index (χ4v) is 1.87. The Balaban J connectivity index is 1.94. The first-order chi connectivity index (χ1) is 9.60. The van der Waals surface area contributed by atoms with E-state index >= 15 is 0 Å². The predicted octanol–water partition coefficient (Wildman–Crippen LogP) is 1.74. The molecule has 0 bridgehead atoms. The second kappa shape index (κ2) is 6.53. The second-order valence-corrected chi connectivity index (χ2v) is 5.08. The molecule has 0 aliphatic heterocycles. The molecule has 7 nitrogen and oxygen atoms in total. The van der Waals surface area contributed by atoms with Crippen LogP contribution in [0.3, 0.4) is 0 Å². The molecule has 1 aliphatic carbocycles. The number of anilines is 2. The lowest BCUT2D eigenvalue weighted by Crippen LogP contribution is -2.23. The molecule has 1 aromatic rings. The van der Waals surface area contributed by atoms with Crippen LogP contribution in [0.25, 0.3) is 0 Å². The number of non-ortho nitro benzene ring substituents is 1. The Morgan fingerprint density at radius 1 is 1.50 bits per heavy atom. The number of likely N-dealkylation sites (N-methyl/N-ethyl adjacent to an activating group) is 1. The number of nitrogen functional groups attached to an aromatic ring is 1. The van der Waals surface area contributed by atoms with Crippen molar-refractivity contribution in [1.29, 1.82) is 0 Å². The Morgan fingerprint density at radius 3 is 2.85 bits per heavy atom. The van der Waals surface area contributed by atoms with Crippen LogP contribution in [0.15, 0.2) is 18.2 Å². The van der Waals surface area contributed by atoms with Gasteiger partial charge in [0.05, 0.1) is 17.2 Å². The number of nitrogens with one attached hydrogen (secondary N) is 1. The average Bonchev–Trinajstić information content (AvgIpc) is 3.26. The second-order valence-electron chi connectivity index (χ2n) is 5.08. The molecule has 0 radical (unpaired) electrons. The normalized spacial score (nSPS) is 14.1. The van der Waals surface area contributed by atoms with Gasteiger partial charge in [-0.15, -0.1) is 0 Å². The Morgan fingerprint density at radius 2 is 2.25 bits per heavy atom. The van der Waals surface area contributed by atoms with Crippen LogP contribution in [0.1, 0.15) is 12.8 Å². The summed E-state index contributed by atoms with van der Waals surface area (Å²) in [6.07, 6.45) is 2.54. The summed E-state index contributed by atoms with van der Waals surface area (Å²) >= 11 is 0. The zero-order valence-corrected chi connectivity index (χ0v) is 11.5. The zero-order valence-electron chi connectivity index (χ0n) is 11.5. The quantitative estimate of drug-likeness (QED) is 0.326. The minimum Gasteiger partial charge on any atom is -0.379 e. The van der Waals surface area contributed by atoms with E-state index in [1.807, 2.05) is 11.9 Å². The number of hydrazine groups is 1. The minimum absolute atomic E-state index is 0.0150. The van der Waals surface area contributed by atoms with Gasteiger partial charge in [-0.3, -0.25) is 16.0 Å². The van der Waals surface area contributed by atoms with Crippen LogP contribution in [0.4, 0.5) is 17.1 Å². The SMILES string of the molecule is CN(CCOCC1CC1)c1cc(NN)cc([N+](=O)[O-])c1. The fourth-order valence-electron chi connectivity index (χ4n) is 1.87. The van der Waals surface area contributed by atoms with Gasteiger partial charge in [0.25, 0.3) is 5.69 Å². The van der Waals surface area contributed by atoms with Gasteiger partial charge in [0.2, 0.25) is 0 Å². The van der Waals surface area contributed by atoms with E-state index in [0.717, 1.165) is 18.2 Å². The first-order valence-electron chi connectivity index (χ1n) is 6.65. The van der Waals surface area contributed by atoms with Crippen molar-refractivity contribution in [2.75, 3.05) is 37.1 Å². The topological polar surface area (TPSA) is 93.7 Å². The smallest absolute Gasteiger partial charge is 0.273 e. The van der Waals surface area contributed by atoms with Crippen LogP contribution in [-0.2, 0) is 4.74 Å². The van der Waals surface area contributed by atoms with Gasteiger partial charge in [-0.1, -0.05) is 0 Å². The lowest BCUT2D eigenvalue weighted by atomic mass is 10.2. The van der Waals surface area contributed by atoms with Crippen molar-refractivity contribution in [1.82, 2.24) is 0 Å². The molecule has 0 aromatic heterocycles. The number of hydrogen-bond donors (Lipinski definition) is 2. The molecule has 0 atom stereocenters. The number of nitro benzene ring substituents is 1. The monoisotopic (exact) mass is 280 g/mol. The molecule has 3 N–H and O–H groups in total. The Labute approximate surface area is 117 Å². The van der Waals surface area contributed by atoms with Crippen LogP contribution in [0, 0.1) is 16.0 Å². The van der Waals surface area contributed by atoms with E-state index in [0.29, 0.717) is 18.8 Å². The molecule has 0 spiro atoms. The number of nitro groups is 1. The van der Waals surface area contributed by atoms with E-state index in [1.165, 1.54) is 25.0 Å². The maximum atomic E-state index is 10.9. The molecule has 7 heteroatoms. The number of hydrogen-bond acceptors (Lipinski definition) is 6. The molecule has 0 heterocycles. The van der Waals surface area contributed by atoms with Crippen molar-refractivity contribution in [2.45, 2.75) is 12.8 Å². The maximum Gasteiger partial charge on any atom is 0.273 e. The van der Waals surface area contributed by atoms with E-state index in [9.17, 15) is 10.1 Å². The average molecular weight is 280 g/mol. The molecule has 2 rings (SSSR count). The third-order valence-corrected chi connectivity index (χ3v) is 3.34. The van der Waals surface area contributed by atoms with Gasteiger partial charge < -0.3 is 15.1 Å². The summed E-state index contributed by atoms with van der Waals surface area (Å²) in [5.74, 6) is 6.08. The first kappa shape index (κ1) is 14.5. The third-order valence-electron chi connectivity index (χ3n) is 3.34. The number of nitrogens with zero attached hydrogens (tertiary/aromatic N) is 2. The van der Waals surface area contributed by atoms with Crippen molar-refractivity contribution in [3.05, 3.63) is 28.3 Å². The highest BCUT2D eigenvalue weighted by molar-refractivity contribution is 5.63. The standard InChI is InChI=1S/C13H20N4O3/c1-16(4-5-20-9-10-2-3-10)12-6-11(15-14)7-13(8-12)17(18)19/h6-8,10,15H,2-5,9,14H2,1H3. The van der Waals surface area contributed by atoms with Gasteiger partial charge in [-0.05, 0) is 24.8 Å². The Hall–Kier alpha value is -1.86. The van der Waals surface area contributed by atoms with E-state index < -0.39 is 4.92 Å². The number of nitrogens with two attached hydrogens (primary N) is 1. The summed E-state index contributed by atoms with van der Waals surface area (Å²) in [4.78, 5) is 12.4.